The van der Waals surface area contributed by atoms with Crippen molar-refractivity contribution in [3.8, 4) is 0 Å². The first-order chi connectivity index (χ1) is 6.61. The fourth-order valence-electron chi connectivity index (χ4n) is 1.06. The van der Waals surface area contributed by atoms with Crippen LogP contribution in [0.2, 0.25) is 0 Å². The normalized spacial score (nSPS) is 10.1. The summed E-state index contributed by atoms with van der Waals surface area (Å²) in [6, 6.07) is 1.44. The smallest absolute Gasteiger partial charge is 0.339 e. The molecule has 1 aromatic rings. The minimum atomic E-state index is -0.967. The highest BCUT2D eigenvalue weighted by Crippen LogP contribution is 2.09. The van der Waals surface area contributed by atoms with Crippen LogP contribution < -0.4 is 5.32 Å². The number of furan rings is 1. The predicted octanol–water partition coefficient (Wildman–Crippen LogP) is 1.64. The monoisotopic (exact) mass is 195 g/mol. The van der Waals surface area contributed by atoms with Crippen LogP contribution in [0.15, 0.2) is 28.9 Å². The third-order valence-corrected chi connectivity index (χ3v) is 1.69. The Kier molecular flexibility index (Phi) is 3.48. The third kappa shape index (κ3) is 2.74. The lowest BCUT2D eigenvalue weighted by Gasteiger charge is -2.02. The average molecular weight is 195 g/mol. The quantitative estimate of drug-likeness (QED) is 0.701. The van der Waals surface area contributed by atoms with Gasteiger partial charge in [0.1, 0.15) is 11.3 Å². The Morgan fingerprint density at radius 1 is 1.71 bits per heavy atom. The number of nitrogens with one attached hydrogen (secondary N) is 1. The summed E-state index contributed by atoms with van der Waals surface area (Å²) in [5.74, 6) is -0.523. The minimum Gasteiger partial charge on any atom is -0.478 e. The predicted molar refractivity (Wildman–Crippen MR) is 52.2 cm³/mol. The molecule has 0 aliphatic rings. The molecular weight excluding hydrogens is 182 g/mol. The van der Waals surface area contributed by atoms with Crippen molar-refractivity contribution in [2.45, 2.75) is 13.5 Å². The lowest BCUT2D eigenvalue weighted by molar-refractivity contribution is 0.0694. The molecule has 0 fully saturated rings. The van der Waals surface area contributed by atoms with E-state index >= 15 is 0 Å². The molecule has 1 rings (SSSR count). The van der Waals surface area contributed by atoms with Gasteiger partial charge in [-0.3, -0.25) is 0 Å². The van der Waals surface area contributed by atoms with Gasteiger partial charge in [0.15, 0.2) is 0 Å². The van der Waals surface area contributed by atoms with Gasteiger partial charge in [-0.15, -0.1) is 0 Å². The zero-order chi connectivity index (χ0) is 10.6. The van der Waals surface area contributed by atoms with Crippen molar-refractivity contribution < 1.29 is 14.3 Å². The van der Waals surface area contributed by atoms with Gasteiger partial charge in [-0.25, -0.2) is 4.79 Å². The maximum absolute atomic E-state index is 10.7. The maximum Gasteiger partial charge on any atom is 0.339 e. The first-order valence-electron chi connectivity index (χ1n) is 4.26. The number of hydrogen-bond donors (Lipinski definition) is 2. The molecule has 0 amide bonds. The molecule has 2 N–H and O–H groups in total. The number of carbonyl (C=O) groups is 1. The van der Waals surface area contributed by atoms with Gasteiger partial charge in [0.25, 0.3) is 0 Å². The molecule has 4 heteroatoms. The van der Waals surface area contributed by atoms with Crippen molar-refractivity contribution in [1.82, 2.24) is 5.32 Å². The van der Waals surface area contributed by atoms with Gasteiger partial charge in [0.05, 0.1) is 12.8 Å². The van der Waals surface area contributed by atoms with Crippen LogP contribution >= 0.6 is 0 Å². The van der Waals surface area contributed by atoms with Crippen LogP contribution in [-0.2, 0) is 6.54 Å². The van der Waals surface area contributed by atoms with Crippen molar-refractivity contribution in [2.24, 2.45) is 0 Å². The van der Waals surface area contributed by atoms with E-state index in [1.54, 1.807) is 0 Å². The molecule has 0 saturated heterocycles. The van der Waals surface area contributed by atoms with Crippen LogP contribution in [0.4, 0.5) is 0 Å². The maximum atomic E-state index is 10.7. The Bertz CT molecular complexity index is 341. The van der Waals surface area contributed by atoms with Crippen molar-refractivity contribution in [3.05, 3.63) is 35.8 Å². The van der Waals surface area contributed by atoms with Gasteiger partial charge in [-0.05, 0) is 13.0 Å². The van der Waals surface area contributed by atoms with E-state index in [-0.39, 0.29) is 5.56 Å². The number of aromatic carboxylic acids is 1. The van der Waals surface area contributed by atoms with Gasteiger partial charge in [0.2, 0.25) is 0 Å². The third-order valence-electron chi connectivity index (χ3n) is 1.69. The van der Waals surface area contributed by atoms with Gasteiger partial charge < -0.3 is 14.8 Å². The van der Waals surface area contributed by atoms with Crippen molar-refractivity contribution in [3.63, 3.8) is 0 Å². The summed E-state index contributed by atoms with van der Waals surface area (Å²) < 4.78 is 5.03. The zero-order valence-corrected chi connectivity index (χ0v) is 8.04. The Morgan fingerprint density at radius 2 is 2.43 bits per heavy atom. The fraction of sp³-hybridized carbons (Fsp3) is 0.300. The summed E-state index contributed by atoms with van der Waals surface area (Å²) in [5, 5.41) is 11.8. The SMILES string of the molecule is C=C(C)CNCc1occc1C(=O)O. The molecule has 76 valence electrons. The Labute approximate surface area is 82.2 Å². The van der Waals surface area contributed by atoms with Crippen LogP contribution in [0.1, 0.15) is 23.0 Å². The highest BCUT2D eigenvalue weighted by atomic mass is 16.4. The molecular formula is C10H13NO3. The summed E-state index contributed by atoms with van der Waals surface area (Å²) in [7, 11) is 0. The topological polar surface area (TPSA) is 62.5 Å². The van der Waals surface area contributed by atoms with E-state index in [4.69, 9.17) is 9.52 Å². The van der Waals surface area contributed by atoms with Crippen LogP contribution in [0, 0.1) is 0 Å². The largest absolute Gasteiger partial charge is 0.478 e. The molecule has 0 unspecified atom stereocenters. The summed E-state index contributed by atoms with van der Waals surface area (Å²) in [5.41, 5.74) is 1.20. The molecule has 4 nitrogen and oxygen atoms in total. The standard InChI is InChI=1S/C10H13NO3/c1-7(2)5-11-6-9-8(10(12)13)3-4-14-9/h3-4,11H,1,5-6H2,2H3,(H,12,13). The minimum absolute atomic E-state index is 0.208. The number of carboxylic acids is 1. The Balaban J connectivity index is 2.54. The summed E-state index contributed by atoms with van der Waals surface area (Å²) in [4.78, 5) is 10.7. The van der Waals surface area contributed by atoms with E-state index in [1.165, 1.54) is 12.3 Å². The highest BCUT2D eigenvalue weighted by Gasteiger charge is 2.12. The molecule has 0 radical (unpaired) electrons. The zero-order valence-electron chi connectivity index (χ0n) is 8.04. The van der Waals surface area contributed by atoms with Crippen molar-refractivity contribution in [1.29, 1.82) is 0 Å². The van der Waals surface area contributed by atoms with Crippen LogP contribution in [0.25, 0.3) is 0 Å². The van der Waals surface area contributed by atoms with Gasteiger partial charge >= 0.3 is 5.97 Å². The summed E-state index contributed by atoms with van der Waals surface area (Å²) >= 11 is 0. The van der Waals surface area contributed by atoms with E-state index in [0.29, 0.717) is 18.8 Å². The molecule has 1 heterocycles. The fourth-order valence-corrected chi connectivity index (χ4v) is 1.06. The second-order valence-corrected chi connectivity index (χ2v) is 3.12. The number of carboxylic acid groups (broad SMARTS) is 1. The average Bonchev–Trinajstić information content (AvgIpc) is 2.51. The van der Waals surface area contributed by atoms with E-state index in [0.717, 1.165) is 5.57 Å². The lowest BCUT2D eigenvalue weighted by Crippen LogP contribution is -2.16. The van der Waals surface area contributed by atoms with Crippen LogP contribution in [-0.4, -0.2) is 17.6 Å². The molecule has 0 aromatic carbocycles. The molecule has 0 saturated carbocycles. The number of hydrogen-bond acceptors (Lipinski definition) is 3. The molecule has 0 atom stereocenters. The van der Waals surface area contributed by atoms with Crippen LogP contribution in [0.5, 0.6) is 0 Å². The summed E-state index contributed by atoms with van der Waals surface area (Å²) in [6.45, 7) is 6.67. The molecule has 0 bridgehead atoms. The van der Waals surface area contributed by atoms with Gasteiger partial charge in [0, 0.05) is 6.54 Å². The van der Waals surface area contributed by atoms with E-state index in [1.807, 2.05) is 6.92 Å². The lowest BCUT2D eigenvalue weighted by atomic mass is 10.2. The Morgan fingerprint density at radius 3 is 3.00 bits per heavy atom. The first kappa shape index (κ1) is 10.5. The molecule has 0 aliphatic heterocycles. The Hall–Kier alpha value is -1.55. The van der Waals surface area contributed by atoms with Crippen LogP contribution in [0.3, 0.4) is 0 Å². The van der Waals surface area contributed by atoms with E-state index < -0.39 is 5.97 Å². The molecule has 14 heavy (non-hydrogen) atoms. The number of rotatable bonds is 5. The second kappa shape index (κ2) is 4.62. The van der Waals surface area contributed by atoms with Crippen molar-refractivity contribution >= 4 is 5.97 Å². The second-order valence-electron chi connectivity index (χ2n) is 3.12. The van der Waals surface area contributed by atoms with Gasteiger partial charge in [-0.2, -0.15) is 0 Å². The molecule has 0 spiro atoms. The molecule has 1 aromatic heterocycles. The summed E-state index contributed by atoms with van der Waals surface area (Å²) in [6.07, 6.45) is 1.38. The van der Waals surface area contributed by atoms with E-state index in [2.05, 4.69) is 11.9 Å². The first-order valence-corrected chi connectivity index (χ1v) is 4.26. The highest BCUT2D eigenvalue weighted by molar-refractivity contribution is 5.88. The van der Waals surface area contributed by atoms with E-state index in [9.17, 15) is 4.79 Å². The van der Waals surface area contributed by atoms with Crippen molar-refractivity contribution in [2.75, 3.05) is 6.54 Å². The van der Waals surface area contributed by atoms with Gasteiger partial charge in [-0.1, -0.05) is 12.2 Å². The molecule has 0 aliphatic carbocycles.